The zero-order valence-corrected chi connectivity index (χ0v) is 8.07. The summed E-state index contributed by atoms with van der Waals surface area (Å²) in [6.45, 7) is 3.85. The summed E-state index contributed by atoms with van der Waals surface area (Å²) in [6, 6.07) is 0.707. The first-order valence-corrected chi connectivity index (χ1v) is 5.22. The molecule has 2 aliphatic heterocycles. The summed E-state index contributed by atoms with van der Waals surface area (Å²) in [4.78, 5) is 0. The van der Waals surface area contributed by atoms with E-state index in [0.717, 1.165) is 44.9 Å². The highest BCUT2D eigenvalue weighted by Gasteiger charge is 2.25. The molecule has 0 aliphatic carbocycles. The number of aromatic nitrogens is 3. The summed E-state index contributed by atoms with van der Waals surface area (Å²) >= 11 is 0. The molecule has 0 bridgehead atoms. The number of nitrogens with one attached hydrogen (secondary N) is 1. The lowest BCUT2D eigenvalue weighted by Crippen LogP contribution is -2.28. The lowest BCUT2D eigenvalue weighted by Gasteiger charge is -2.21. The van der Waals surface area contributed by atoms with Gasteiger partial charge in [0.25, 0.3) is 0 Å². The Labute approximate surface area is 82.5 Å². The van der Waals surface area contributed by atoms with Crippen LogP contribution < -0.4 is 10.1 Å². The van der Waals surface area contributed by atoms with Crippen molar-refractivity contribution in [2.75, 3.05) is 19.7 Å². The van der Waals surface area contributed by atoms with Crippen LogP contribution in [0, 0.1) is 0 Å². The van der Waals surface area contributed by atoms with E-state index in [9.17, 15) is 0 Å². The predicted molar refractivity (Wildman–Crippen MR) is 50.4 cm³/mol. The van der Waals surface area contributed by atoms with Crippen LogP contribution in [0.5, 0.6) is 6.01 Å². The summed E-state index contributed by atoms with van der Waals surface area (Å²) in [6.07, 6.45) is 2.33. The van der Waals surface area contributed by atoms with Crippen molar-refractivity contribution in [1.82, 2.24) is 20.1 Å². The van der Waals surface area contributed by atoms with Crippen molar-refractivity contribution in [2.24, 2.45) is 0 Å². The highest BCUT2D eigenvalue weighted by atomic mass is 16.5. The fourth-order valence-corrected chi connectivity index (χ4v) is 2.23. The molecule has 2 aliphatic rings. The van der Waals surface area contributed by atoms with Crippen molar-refractivity contribution in [3.8, 4) is 6.01 Å². The van der Waals surface area contributed by atoms with Crippen LogP contribution in [0.2, 0.25) is 0 Å². The molecule has 0 spiro atoms. The number of nitrogens with zero attached hydrogens (tertiary/aromatic N) is 3. The van der Waals surface area contributed by atoms with Gasteiger partial charge in [0.15, 0.2) is 0 Å². The third kappa shape index (κ3) is 1.19. The maximum absolute atomic E-state index is 5.34. The molecule has 1 fully saturated rings. The highest BCUT2D eigenvalue weighted by Crippen LogP contribution is 2.27. The van der Waals surface area contributed by atoms with Gasteiger partial charge >= 0.3 is 6.01 Å². The van der Waals surface area contributed by atoms with Gasteiger partial charge in [0.1, 0.15) is 12.4 Å². The van der Waals surface area contributed by atoms with E-state index in [2.05, 4.69) is 20.1 Å². The first kappa shape index (κ1) is 8.23. The zero-order chi connectivity index (χ0) is 9.38. The topological polar surface area (TPSA) is 52.0 Å². The summed E-state index contributed by atoms with van der Waals surface area (Å²) in [5, 5.41) is 11.6. The van der Waals surface area contributed by atoms with Crippen LogP contribution in [-0.4, -0.2) is 34.5 Å². The van der Waals surface area contributed by atoms with Gasteiger partial charge in [0.2, 0.25) is 0 Å². The average molecular weight is 194 g/mol. The normalized spacial score (nSPS) is 22.0. The Bertz CT molecular complexity index is 330. The molecule has 1 aromatic rings. The van der Waals surface area contributed by atoms with Gasteiger partial charge in [-0.15, -0.1) is 5.10 Å². The number of piperidine rings is 1. The van der Waals surface area contributed by atoms with Crippen LogP contribution in [0.4, 0.5) is 0 Å². The maximum Gasteiger partial charge on any atom is 0.317 e. The van der Waals surface area contributed by atoms with Gasteiger partial charge in [0.05, 0.1) is 6.54 Å². The molecular formula is C9H14N4O. The summed E-state index contributed by atoms with van der Waals surface area (Å²) in [5.41, 5.74) is 0. The van der Waals surface area contributed by atoms with Crippen LogP contribution >= 0.6 is 0 Å². The summed E-state index contributed by atoms with van der Waals surface area (Å²) in [5.74, 6) is 1.69. The van der Waals surface area contributed by atoms with Gasteiger partial charge in [-0.25, -0.2) is 0 Å². The molecular weight excluding hydrogens is 180 g/mol. The standard InChI is InChI=1S/C9H14N4O/c1-3-10-4-2-7(1)8-11-12-9-13(8)5-6-14-9/h7,10H,1-6H2. The van der Waals surface area contributed by atoms with E-state index in [0.29, 0.717) is 11.9 Å². The molecule has 3 heterocycles. The Morgan fingerprint density at radius 2 is 2.14 bits per heavy atom. The van der Waals surface area contributed by atoms with Gasteiger partial charge < -0.3 is 10.1 Å². The molecule has 14 heavy (non-hydrogen) atoms. The van der Waals surface area contributed by atoms with E-state index < -0.39 is 0 Å². The molecule has 5 nitrogen and oxygen atoms in total. The summed E-state index contributed by atoms with van der Waals surface area (Å²) < 4.78 is 7.46. The van der Waals surface area contributed by atoms with Crippen LogP contribution in [0.1, 0.15) is 24.6 Å². The van der Waals surface area contributed by atoms with E-state index in [4.69, 9.17) is 4.74 Å². The van der Waals surface area contributed by atoms with E-state index in [1.165, 1.54) is 0 Å². The minimum absolute atomic E-state index is 0.569. The largest absolute Gasteiger partial charge is 0.462 e. The number of hydrogen-bond acceptors (Lipinski definition) is 4. The quantitative estimate of drug-likeness (QED) is 0.690. The minimum atomic E-state index is 0.569. The lowest BCUT2D eigenvalue weighted by molar-refractivity contribution is 0.341. The maximum atomic E-state index is 5.34. The molecule has 0 atom stereocenters. The molecule has 5 heteroatoms. The number of hydrogen-bond donors (Lipinski definition) is 1. The van der Waals surface area contributed by atoms with Gasteiger partial charge in [-0.3, -0.25) is 4.57 Å². The van der Waals surface area contributed by atoms with Crippen molar-refractivity contribution >= 4 is 0 Å². The van der Waals surface area contributed by atoms with Crippen LogP contribution in [-0.2, 0) is 6.54 Å². The Morgan fingerprint density at radius 1 is 1.29 bits per heavy atom. The van der Waals surface area contributed by atoms with Crippen LogP contribution in [0.25, 0.3) is 0 Å². The molecule has 1 N–H and O–H groups in total. The van der Waals surface area contributed by atoms with E-state index in [-0.39, 0.29) is 0 Å². The minimum Gasteiger partial charge on any atom is -0.462 e. The number of fused-ring (bicyclic) bond motifs is 1. The second-order valence-electron chi connectivity index (χ2n) is 3.87. The second-order valence-corrected chi connectivity index (χ2v) is 3.87. The number of rotatable bonds is 1. The SMILES string of the molecule is C1CC(c2nnc3n2CCO3)CCN1. The Morgan fingerprint density at radius 3 is 3.00 bits per heavy atom. The molecule has 3 rings (SSSR count). The fourth-order valence-electron chi connectivity index (χ4n) is 2.23. The second kappa shape index (κ2) is 3.24. The van der Waals surface area contributed by atoms with E-state index in [1.807, 2.05) is 0 Å². The van der Waals surface area contributed by atoms with Crippen molar-refractivity contribution in [2.45, 2.75) is 25.3 Å². The van der Waals surface area contributed by atoms with E-state index in [1.54, 1.807) is 0 Å². The zero-order valence-electron chi connectivity index (χ0n) is 8.07. The average Bonchev–Trinajstić information content (AvgIpc) is 2.79. The van der Waals surface area contributed by atoms with Crippen LogP contribution in [0.3, 0.4) is 0 Å². The molecule has 0 unspecified atom stereocenters. The molecule has 76 valence electrons. The third-order valence-electron chi connectivity index (χ3n) is 3.00. The Balaban J connectivity index is 1.88. The van der Waals surface area contributed by atoms with E-state index >= 15 is 0 Å². The van der Waals surface area contributed by atoms with Crippen LogP contribution in [0.15, 0.2) is 0 Å². The van der Waals surface area contributed by atoms with Crippen molar-refractivity contribution < 1.29 is 4.74 Å². The molecule has 0 radical (unpaired) electrons. The third-order valence-corrected chi connectivity index (χ3v) is 3.00. The van der Waals surface area contributed by atoms with Gasteiger partial charge in [-0.2, -0.15) is 0 Å². The predicted octanol–water partition coefficient (Wildman–Crippen LogP) is 0.138. The van der Waals surface area contributed by atoms with Crippen molar-refractivity contribution in [3.63, 3.8) is 0 Å². The molecule has 0 aromatic carbocycles. The smallest absolute Gasteiger partial charge is 0.317 e. The van der Waals surface area contributed by atoms with Crippen molar-refractivity contribution in [1.29, 1.82) is 0 Å². The molecule has 1 aromatic heterocycles. The fraction of sp³-hybridized carbons (Fsp3) is 0.778. The van der Waals surface area contributed by atoms with Gasteiger partial charge in [-0.05, 0) is 25.9 Å². The number of ether oxygens (including phenoxy) is 1. The monoisotopic (exact) mass is 194 g/mol. The highest BCUT2D eigenvalue weighted by molar-refractivity contribution is 5.09. The Hall–Kier alpha value is -1.10. The molecule has 1 saturated heterocycles. The molecule has 0 amide bonds. The van der Waals surface area contributed by atoms with Gasteiger partial charge in [-0.1, -0.05) is 5.10 Å². The first-order valence-electron chi connectivity index (χ1n) is 5.22. The lowest BCUT2D eigenvalue weighted by atomic mass is 9.97. The Kier molecular flexibility index (Phi) is 1.90. The summed E-state index contributed by atoms with van der Waals surface area (Å²) in [7, 11) is 0. The van der Waals surface area contributed by atoms with Crippen molar-refractivity contribution in [3.05, 3.63) is 5.82 Å². The van der Waals surface area contributed by atoms with Gasteiger partial charge in [0, 0.05) is 5.92 Å². The molecule has 0 saturated carbocycles. The first-order chi connectivity index (χ1) is 6.95.